The van der Waals surface area contributed by atoms with Crippen molar-refractivity contribution in [3.05, 3.63) is 28.2 Å². The van der Waals surface area contributed by atoms with Gasteiger partial charge in [-0.05, 0) is 44.0 Å². The lowest BCUT2D eigenvalue weighted by Crippen LogP contribution is -2.40. The van der Waals surface area contributed by atoms with Crippen molar-refractivity contribution < 1.29 is 9.59 Å². The molecule has 0 saturated heterocycles. The average Bonchev–Trinajstić information content (AvgIpc) is 2.33. The highest BCUT2D eigenvalue weighted by Crippen LogP contribution is 2.19. The maximum Gasteiger partial charge on any atom is 0.313 e. The van der Waals surface area contributed by atoms with Gasteiger partial charge in [0.05, 0.1) is 0 Å². The van der Waals surface area contributed by atoms with Crippen LogP contribution in [0.15, 0.2) is 22.7 Å². The fourth-order valence-electron chi connectivity index (χ4n) is 1.30. The number of rotatable bonds is 3. The summed E-state index contributed by atoms with van der Waals surface area (Å²) < 4.78 is 0.963. The second-order valence-corrected chi connectivity index (χ2v) is 5.06. The Hall–Kier alpha value is -1.36. The van der Waals surface area contributed by atoms with Crippen molar-refractivity contribution in [3.8, 4) is 0 Å². The molecule has 0 aliphatic carbocycles. The van der Waals surface area contributed by atoms with Crippen LogP contribution in [-0.2, 0) is 9.59 Å². The van der Waals surface area contributed by atoms with Crippen LogP contribution >= 0.6 is 15.9 Å². The minimum absolute atomic E-state index is 0.00472. The topological polar surface area (TPSA) is 58.2 Å². The first-order chi connectivity index (χ1) is 8.43. The molecule has 0 aliphatic heterocycles. The lowest BCUT2D eigenvalue weighted by atomic mass is 10.2. The van der Waals surface area contributed by atoms with Gasteiger partial charge in [-0.2, -0.15) is 0 Å². The number of hydrogen-bond donors (Lipinski definition) is 2. The number of aryl methyl sites for hydroxylation is 1. The second-order valence-electron chi connectivity index (χ2n) is 4.20. The van der Waals surface area contributed by atoms with Crippen molar-refractivity contribution in [2.45, 2.75) is 33.2 Å². The Labute approximate surface area is 115 Å². The van der Waals surface area contributed by atoms with Crippen LogP contribution in [0.25, 0.3) is 0 Å². The maximum atomic E-state index is 11.6. The van der Waals surface area contributed by atoms with Gasteiger partial charge in [-0.15, -0.1) is 0 Å². The van der Waals surface area contributed by atoms with Gasteiger partial charge in [-0.1, -0.05) is 22.9 Å². The minimum Gasteiger partial charge on any atom is -0.345 e. The summed E-state index contributed by atoms with van der Waals surface area (Å²) in [6.45, 7) is 5.72. The van der Waals surface area contributed by atoms with E-state index in [0.29, 0.717) is 5.69 Å². The summed E-state index contributed by atoms with van der Waals surface area (Å²) in [5, 5.41) is 5.18. The molecule has 1 rings (SSSR count). The Balaban J connectivity index is 2.64. The Morgan fingerprint density at radius 1 is 1.33 bits per heavy atom. The third-order valence-corrected chi connectivity index (χ3v) is 3.50. The fraction of sp³-hybridized carbons (Fsp3) is 0.385. The van der Waals surface area contributed by atoms with Crippen LogP contribution in [0.1, 0.15) is 25.8 Å². The molecule has 2 amide bonds. The lowest BCUT2D eigenvalue weighted by Gasteiger charge is -2.11. The molecule has 0 bridgehead atoms. The van der Waals surface area contributed by atoms with Crippen LogP contribution in [0.5, 0.6) is 0 Å². The molecule has 0 unspecified atom stereocenters. The van der Waals surface area contributed by atoms with Gasteiger partial charge in [-0.25, -0.2) is 0 Å². The molecule has 1 aromatic carbocycles. The summed E-state index contributed by atoms with van der Waals surface area (Å²) in [4.78, 5) is 23.2. The minimum atomic E-state index is -0.642. The Kier molecular flexibility index (Phi) is 5.34. The maximum absolute atomic E-state index is 11.6. The van der Waals surface area contributed by atoms with Crippen LogP contribution in [0.2, 0.25) is 0 Å². The summed E-state index contributed by atoms with van der Waals surface area (Å²) in [5.41, 5.74) is 1.61. The van der Waals surface area contributed by atoms with Gasteiger partial charge in [0.25, 0.3) is 0 Å². The summed E-state index contributed by atoms with van der Waals surface area (Å²) in [6.07, 6.45) is 0.788. The number of anilines is 1. The molecule has 0 saturated carbocycles. The molecule has 0 radical (unpaired) electrons. The largest absolute Gasteiger partial charge is 0.345 e. The molecule has 98 valence electrons. The Bertz CT molecular complexity index is 460. The third-order valence-electron chi connectivity index (χ3n) is 2.61. The average molecular weight is 313 g/mol. The number of halogens is 1. The molecule has 2 N–H and O–H groups in total. The smallest absolute Gasteiger partial charge is 0.313 e. The van der Waals surface area contributed by atoms with Crippen molar-refractivity contribution in [3.63, 3.8) is 0 Å². The van der Waals surface area contributed by atoms with Crippen LogP contribution < -0.4 is 10.6 Å². The molecule has 1 aromatic rings. The van der Waals surface area contributed by atoms with E-state index in [-0.39, 0.29) is 6.04 Å². The molecule has 0 heterocycles. The van der Waals surface area contributed by atoms with E-state index in [0.717, 1.165) is 16.5 Å². The summed E-state index contributed by atoms with van der Waals surface area (Å²) >= 11 is 3.37. The van der Waals surface area contributed by atoms with Gasteiger partial charge < -0.3 is 10.6 Å². The van der Waals surface area contributed by atoms with E-state index in [9.17, 15) is 9.59 Å². The SMILES string of the molecule is CC[C@H](C)NC(=O)C(=O)Nc1ccc(Br)c(C)c1. The number of carbonyl (C=O) groups excluding carboxylic acids is 2. The number of benzene rings is 1. The van der Waals surface area contributed by atoms with E-state index in [1.807, 2.05) is 26.8 Å². The number of amides is 2. The molecule has 5 heteroatoms. The first-order valence-electron chi connectivity index (χ1n) is 5.82. The normalized spacial score (nSPS) is 11.8. The second kappa shape index (κ2) is 6.54. The van der Waals surface area contributed by atoms with E-state index < -0.39 is 11.8 Å². The zero-order chi connectivity index (χ0) is 13.7. The molecule has 1 atom stereocenters. The standard InChI is InChI=1S/C13H17BrN2O2/c1-4-9(3)15-12(17)13(18)16-10-5-6-11(14)8(2)7-10/h5-7,9H,4H2,1-3H3,(H,15,17)(H,16,18)/t9-/m0/s1. The fourth-order valence-corrected chi connectivity index (χ4v) is 1.55. The third kappa shape index (κ3) is 4.14. The highest BCUT2D eigenvalue weighted by Gasteiger charge is 2.15. The molecule has 0 aromatic heterocycles. The highest BCUT2D eigenvalue weighted by molar-refractivity contribution is 9.10. The molecule has 0 spiro atoms. The number of carbonyl (C=O) groups is 2. The van der Waals surface area contributed by atoms with Gasteiger partial charge in [0.15, 0.2) is 0 Å². The molecular weight excluding hydrogens is 296 g/mol. The van der Waals surface area contributed by atoms with E-state index in [4.69, 9.17) is 0 Å². The Morgan fingerprint density at radius 2 is 2.00 bits per heavy atom. The van der Waals surface area contributed by atoms with E-state index in [1.54, 1.807) is 12.1 Å². The molecule has 0 aliphatic rings. The summed E-state index contributed by atoms with van der Waals surface area (Å²) in [6, 6.07) is 5.37. The van der Waals surface area contributed by atoms with Gasteiger partial charge >= 0.3 is 11.8 Å². The van der Waals surface area contributed by atoms with E-state index in [1.165, 1.54) is 0 Å². The zero-order valence-electron chi connectivity index (χ0n) is 10.7. The van der Waals surface area contributed by atoms with Gasteiger partial charge in [-0.3, -0.25) is 9.59 Å². The van der Waals surface area contributed by atoms with Gasteiger partial charge in [0, 0.05) is 16.2 Å². The predicted octanol–water partition coefficient (Wildman–Crippen LogP) is 2.61. The Morgan fingerprint density at radius 3 is 2.56 bits per heavy atom. The molecule has 4 nitrogen and oxygen atoms in total. The van der Waals surface area contributed by atoms with Crippen molar-refractivity contribution in [1.29, 1.82) is 0 Å². The molecule has 0 fully saturated rings. The van der Waals surface area contributed by atoms with Gasteiger partial charge in [0.1, 0.15) is 0 Å². The number of hydrogen-bond acceptors (Lipinski definition) is 2. The van der Waals surface area contributed by atoms with Crippen molar-refractivity contribution in [1.82, 2.24) is 5.32 Å². The van der Waals surface area contributed by atoms with Crippen LogP contribution in [-0.4, -0.2) is 17.9 Å². The van der Waals surface area contributed by atoms with Crippen LogP contribution in [0.3, 0.4) is 0 Å². The first-order valence-corrected chi connectivity index (χ1v) is 6.61. The molecule has 18 heavy (non-hydrogen) atoms. The quantitative estimate of drug-likeness (QED) is 0.843. The summed E-state index contributed by atoms with van der Waals surface area (Å²) in [5.74, 6) is -1.25. The first kappa shape index (κ1) is 14.7. The van der Waals surface area contributed by atoms with Crippen LogP contribution in [0, 0.1) is 6.92 Å². The number of nitrogens with one attached hydrogen (secondary N) is 2. The predicted molar refractivity (Wildman–Crippen MR) is 75.4 cm³/mol. The van der Waals surface area contributed by atoms with Gasteiger partial charge in [0.2, 0.25) is 0 Å². The highest BCUT2D eigenvalue weighted by atomic mass is 79.9. The lowest BCUT2D eigenvalue weighted by molar-refractivity contribution is -0.136. The molecular formula is C13H17BrN2O2. The van der Waals surface area contributed by atoms with E-state index >= 15 is 0 Å². The summed E-state index contributed by atoms with van der Waals surface area (Å²) in [7, 11) is 0. The van der Waals surface area contributed by atoms with E-state index in [2.05, 4.69) is 26.6 Å². The zero-order valence-corrected chi connectivity index (χ0v) is 12.3. The van der Waals surface area contributed by atoms with Crippen molar-refractivity contribution in [2.75, 3.05) is 5.32 Å². The van der Waals surface area contributed by atoms with Crippen LogP contribution in [0.4, 0.5) is 5.69 Å². The van der Waals surface area contributed by atoms with Crippen molar-refractivity contribution in [2.24, 2.45) is 0 Å². The van der Waals surface area contributed by atoms with Crippen molar-refractivity contribution >= 4 is 33.4 Å². The monoisotopic (exact) mass is 312 g/mol.